The van der Waals surface area contributed by atoms with Gasteiger partial charge < -0.3 is 0 Å². The van der Waals surface area contributed by atoms with E-state index >= 15 is 0 Å². The smallest absolute Gasteiger partial charge is 0.289 e. The fourth-order valence-corrected chi connectivity index (χ4v) is 3.06. The Morgan fingerprint density at radius 1 is 1.25 bits per heavy atom. The molecule has 0 aliphatic carbocycles. The van der Waals surface area contributed by atoms with Gasteiger partial charge in [-0.15, -0.1) is 0 Å². The summed E-state index contributed by atoms with van der Waals surface area (Å²) in [5.74, 6) is 0.948. The lowest BCUT2D eigenvalue weighted by Crippen LogP contribution is -2.30. The molecule has 0 saturated carbocycles. The van der Waals surface area contributed by atoms with Crippen molar-refractivity contribution in [1.82, 2.24) is 18.9 Å². The lowest BCUT2D eigenvalue weighted by Gasteiger charge is -1.92. The maximum absolute atomic E-state index is 7.87. The quantitative estimate of drug-likeness (QED) is 0.398. The van der Waals surface area contributed by atoms with Crippen LogP contribution in [0.25, 0.3) is 28.2 Å². The van der Waals surface area contributed by atoms with Crippen molar-refractivity contribution >= 4 is 16.8 Å². The maximum Gasteiger partial charge on any atom is 0.298 e. The normalized spacial score (nSPS) is 15.9. The third kappa shape index (κ3) is 1.02. The van der Waals surface area contributed by atoms with Crippen molar-refractivity contribution < 1.29 is 8.68 Å². The molecule has 0 fully saturated rings. The number of imidazole rings is 2. The monoisotopic (exact) mass is 265 g/mol. The van der Waals surface area contributed by atoms with E-state index in [1.807, 2.05) is 39.4 Å². The Bertz CT molecular complexity index is 1090. The van der Waals surface area contributed by atoms with Gasteiger partial charge in [0.2, 0.25) is 5.65 Å². The molecular formula is C15H12N5+. The number of hydrogen-bond acceptors (Lipinski definition) is 2. The predicted molar refractivity (Wildman–Crippen MR) is 74.2 cm³/mol. The molecule has 4 aromatic rings. The second-order valence-electron chi connectivity index (χ2n) is 4.95. The second kappa shape index (κ2) is 3.25. The zero-order valence-electron chi connectivity index (χ0n) is 13.5. The molecule has 0 radical (unpaired) electrons. The Morgan fingerprint density at radius 2 is 2.15 bits per heavy atom. The largest absolute Gasteiger partial charge is 0.298 e. The third-order valence-electron chi connectivity index (χ3n) is 3.88. The SMILES string of the molecule is [2H]C([2H])([2H])n1c2ncccc2n2c3[n+](cc12)Cc1ncccc1-3. The fourth-order valence-electron chi connectivity index (χ4n) is 3.06. The van der Waals surface area contributed by atoms with Crippen LogP contribution >= 0.6 is 0 Å². The van der Waals surface area contributed by atoms with Crippen molar-refractivity contribution in [1.29, 1.82) is 0 Å². The van der Waals surface area contributed by atoms with Crippen molar-refractivity contribution in [2.24, 2.45) is 6.98 Å². The molecule has 20 heavy (non-hydrogen) atoms. The van der Waals surface area contributed by atoms with Gasteiger partial charge in [-0.1, -0.05) is 0 Å². The van der Waals surface area contributed by atoms with Crippen LogP contribution in [-0.4, -0.2) is 18.9 Å². The summed E-state index contributed by atoms with van der Waals surface area (Å²) >= 11 is 0. The summed E-state index contributed by atoms with van der Waals surface area (Å²) < 4.78 is 29.0. The molecule has 5 rings (SSSR count). The number of aromatic nitrogens is 5. The van der Waals surface area contributed by atoms with E-state index in [1.54, 1.807) is 12.4 Å². The Balaban J connectivity index is 2.00. The lowest BCUT2D eigenvalue weighted by molar-refractivity contribution is -0.670. The second-order valence-corrected chi connectivity index (χ2v) is 4.95. The summed E-state index contributed by atoms with van der Waals surface area (Å²) in [5, 5.41) is 0. The molecule has 0 saturated heterocycles. The van der Waals surface area contributed by atoms with E-state index in [-0.39, 0.29) is 0 Å². The van der Waals surface area contributed by atoms with Crippen molar-refractivity contribution in [2.45, 2.75) is 6.54 Å². The van der Waals surface area contributed by atoms with Gasteiger partial charge in [-0.25, -0.2) is 9.55 Å². The molecule has 5 heteroatoms. The van der Waals surface area contributed by atoms with Crippen molar-refractivity contribution in [3.05, 3.63) is 48.5 Å². The standard InChI is InChI=1S/C15H12N5/c1-18-13-9-19-8-11-10(4-2-6-16-11)15(19)20(13)12-5-3-7-17-14(12)18/h2-7,9H,8H2,1H3/q+1/i1D3. The summed E-state index contributed by atoms with van der Waals surface area (Å²) in [6.07, 6.45) is 5.26. The number of hydrogen-bond donors (Lipinski definition) is 0. The summed E-state index contributed by atoms with van der Waals surface area (Å²) in [6.45, 7) is -1.64. The van der Waals surface area contributed by atoms with Gasteiger partial charge >= 0.3 is 0 Å². The molecule has 0 amide bonds. The summed E-state index contributed by atoms with van der Waals surface area (Å²) in [4.78, 5) is 8.72. The molecule has 1 aliphatic rings. The number of fused-ring (bicyclic) bond motifs is 7. The molecule has 0 aromatic carbocycles. The molecule has 5 heterocycles. The van der Waals surface area contributed by atoms with Gasteiger partial charge in [0.15, 0.2) is 17.4 Å². The minimum absolute atomic E-state index is 0.461. The van der Waals surface area contributed by atoms with Crippen LogP contribution in [-0.2, 0) is 13.5 Å². The highest BCUT2D eigenvalue weighted by atomic mass is 15.2. The molecule has 96 valence electrons. The molecule has 0 spiro atoms. The first-order valence-corrected chi connectivity index (χ1v) is 6.41. The Kier molecular flexibility index (Phi) is 1.27. The molecule has 0 bridgehead atoms. The number of pyridine rings is 2. The Labute approximate surface area is 119 Å². The summed E-state index contributed by atoms with van der Waals surface area (Å²) in [6, 6.07) is 7.63. The highest BCUT2D eigenvalue weighted by molar-refractivity contribution is 5.81. The Hall–Kier alpha value is -2.69. The van der Waals surface area contributed by atoms with E-state index < -0.39 is 6.98 Å². The van der Waals surface area contributed by atoms with E-state index in [4.69, 9.17) is 4.11 Å². The Morgan fingerprint density at radius 3 is 3.10 bits per heavy atom. The van der Waals surface area contributed by atoms with Crippen molar-refractivity contribution in [3.8, 4) is 11.4 Å². The first-order chi connectivity index (χ1) is 11.1. The topological polar surface area (TPSA) is 39.0 Å². The van der Waals surface area contributed by atoms with Gasteiger partial charge in [0.25, 0.3) is 5.82 Å². The average Bonchev–Trinajstić information content (AvgIpc) is 3.11. The van der Waals surface area contributed by atoms with Crippen LogP contribution in [0.2, 0.25) is 0 Å². The highest BCUT2D eigenvalue weighted by Crippen LogP contribution is 2.29. The highest BCUT2D eigenvalue weighted by Gasteiger charge is 2.33. The van der Waals surface area contributed by atoms with Gasteiger partial charge in [0, 0.05) is 23.5 Å². The van der Waals surface area contributed by atoms with Gasteiger partial charge in [-0.2, -0.15) is 4.40 Å². The van der Waals surface area contributed by atoms with Gasteiger partial charge in [-0.05, 0) is 24.3 Å². The maximum atomic E-state index is 7.87. The lowest BCUT2D eigenvalue weighted by atomic mass is 10.2. The van der Waals surface area contributed by atoms with Crippen LogP contribution in [0.4, 0.5) is 0 Å². The van der Waals surface area contributed by atoms with Crippen molar-refractivity contribution in [2.75, 3.05) is 0 Å². The third-order valence-corrected chi connectivity index (χ3v) is 3.88. The molecule has 1 aliphatic heterocycles. The van der Waals surface area contributed by atoms with E-state index in [2.05, 4.69) is 9.97 Å². The van der Waals surface area contributed by atoms with Gasteiger partial charge in [0.05, 0.1) is 11.3 Å². The minimum Gasteiger partial charge on any atom is -0.289 e. The fraction of sp³-hybridized carbons (Fsp3) is 0.133. The van der Waals surface area contributed by atoms with E-state index in [0.29, 0.717) is 17.8 Å². The van der Waals surface area contributed by atoms with Crippen LogP contribution in [0.3, 0.4) is 0 Å². The number of aryl methyl sites for hydroxylation is 1. The minimum atomic E-state index is -2.29. The zero-order valence-corrected chi connectivity index (χ0v) is 10.5. The summed E-state index contributed by atoms with van der Waals surface area (Å²) in [5.41, 5.74) is 3.88. The average molecular weight is 265 g/mol. The van der Waals surface area contributed by atoms with Crippen LogP contribution in [0.5, 0.6) is 0 Å². The van der Waals surface area contributed by atoms with Gasteiger partial charge in [0.1, 0.15) is 6.54 Å². The van der Waals surface area contributed by atoms with E-state index in [1.165, 1.54) is 4.57 Å². The summed E-state index contributed by atoms with van der Waals surface area (Å²) in [7, 11) is 0. The first-order valence-electron chi connectivity index (χ1n) is 7.91. The molecule has 0 unspecified atom stereocenters. The molecule has 0 atom stereocenters. The van der Waals surface area contributed by atoms with Crippen LogP contribution < -0.4 is 4.57 Å². The molecule has 0 N–H and O–H groups in total. The van der Waals surface area contributed by atoms with Crippen LogP contribution in [0.15, 0.2) is 42.9 Å². The van der Waals surface area contributed by atoms with E-state index in [9.17, 15) is 0 Å². The van der Waals surface area contributed by atoms with Gasteiger partial charge in [-0.3, -0.25) is 9.55 Å². The zero-order chi connectivity index (χ0) is 15.8. The van der Waals surface area contributed by atoms with Crippen molar-refractivity contribution in [3.63, 3.8) is 0 Å². The van der Waals surface area contributed by atoms with E-state index in [0.717, 1.165) is 22.6 Å². The van der Waals surface area contributed by atoms with Crippen LogP contribution in [0, 0.1) is 0 Å². The first kappa shape index (κ1) is 7.79. The number of rotatable bonds is 0. The molecular weight excluding hydrogens is 250 g/mol. The predicted octanol–water partition coefficient (Wildman–Crippen LogP) is 1.54. The molecule has 4 aromatic heterocycles. The number of nitrogens with zero attached hydrogens (tertiary/aromatic N) is 5. The molecule has 5 nitrogen and oxygen atoms in total. The van der Waals surface area contributed by atoms with Crippen LogP contribution in [0.1, 0.15) is 9.81 Å².